The van der Waals surface area contributed by atoms with Crippen molar-refractivity contribution in [2.24, 2.45) is 0 Å². The molecule has 1 aliphatic heterocycles. The predicted molar refractivity (Wildman–Crippen MR) is 103 cm³/mol. The zero-order valence-electron chi connectivity index (χ0n) is 15.8. The Hall–Kier alpha value is -2.67. The molecule has 3 rings (SSSR count). The molecule has 1 amide bonds. The number of rotatable bonds is 4. The average Bonchev–Trinajstić information content (AvgIpc) is 2.92. The molecule has 1 fully saturated rings. The minimum Gasteiger partial charge on any atom is -0.338 e. The average molecular weight is 406 g/mol. The first-order chi connectivity index (χ1) is 13.8. The van der Waals surface area contributed by atoms with Crippen molar-refractivity contribution < 1.29 is 22.4 Å². The van der Waals surface area contributed by atoms with Gasteiger partial charge in [0.2, 0.25) is 5.91 Å². The highest BCUT2D eigenvalue weighted by molar-refractivity contribution is 5.91. The Morgan fingerprint density at radius 1 is 1.00 bits per heavy atom. The summed E-state index contributed by atoms with van der Waals surface area (Å²) in [6.07, 6.45) is -0.516. The van der Waals surface area contributed by atoms with Gasteiger partial charge in [0.1, 0.15) is 5.82 Å². The van der Waals surface area contributed by atoms with Crippen molar-refractivity contribution in [2.45, 2.75) is 19.1 Å². The Labute approximate surface area is 167 Å². The quantitative estimate of drug-likeness (QED) is 0.548. The van der Waals surface area contributed by atoms with Gasteiger partial charge < -0.3 is 4.90 Å². The van der Waals surface area contributed by atoms with E-state index in [2.05, 4.69) is 4.90 Å². The fourth-order valence-electron chi connectivity index (χ4n) is 3.29. The Bertz CT molecular complexity index is 862. The first kappa shape index (κ1) is 21.0. The molecular formula is C22H22F4N2O. The van der Waals surface area contributed by atoms with E-state index in [1.807, 2.05) is 0 Å². The first-order valence-corrected chi connectivity index (χ1v) is 9.42. The molecule has 29 heavy (non-hydrogen) atoms. The number of amides is 1. The molecule has 0 bridgehead atoms. The molecule has 0 N–H and O–H groups in total. The van der Waals surface area contributed by atoms with Gasteiger partial charge in [0, 0.05) is 38.8 Å². The van der Waals surface area contributed by atoms with Gasteiger partial charge >= 0.3 is 6.18 Å². The topological polar surface area (TPSA) is 23.6 Å². The van der Waals surface area contributed by atoms with E-state index in [-0.39, 0.29) is 11.7 Å². The molecule has 1 aliphatic rings. The lowest BCUT2D eigenvalue weighted by Gasteiger charge is -2.21. The lowest BCUT2D eigenvalue weighted by molar-refractivity contribution is -0.137. The predicted octanol–water partition coefficient (Wildman–Crippen LogP) is 4.59. The summed E-state index contributed by atoms with van der Waals surface area (Å²) in [7, 11) is 0. The zero-order chi connectivity index (χ0) is 20.9. The van der Waals surface area contributed by atoms with Crippen LogP contribution in [-0.2, 0) is 17.5 Å². The molecular weight excluding hydrogens is 384 g/mol. The molecule has 7 heteroatoms. The maximum atomic E-state index is 13.2. The molecule has 0 saturated carbocycles. The van der Waals surface area contributed by atoms with Gasteiger partial charge in [0.15, 0.2) is 0 Å². The van der Waals surface area contributed by atoms with Crippen molar-refractivity contribution in [3.05, 3.63) is 77.1 Å². The highest BCUT2D eigenvalue weighted by atomic mass is 19.4. The zero-order valence-corrected chi connectivity index (χ0v) is 15.8. The van der Waals surface area contributed by atoms with Crippen molar-refractivity contribution in [2.75, 3.05) is 26.2 Å². The Balaban J connectivity index is 1.54. The molecule has 0 radical (unpaired) electrons. The number of benzene rings is 2. The summed E-state index contributed by atoms with van der Waals surface area (Å²) >= 11 is 0. The van der Waals surface area contributed by atoms with Crippen molar-refractivity contribution in [1.82, 2.24) is 9.80 Å². The van der Waals surface area contributed by atoms with Crippen LogP contribution in [-0.4, -0.2) is 41.9 Å². The second-order valence-electron chi connectivity index (χ2n) is 7.04. The molecule has 3 nitrogen and oxygen atoms in total. The number of carbonyl (C=O) groups is 1. The van der Waals surface area contributed by atoms with Gasteiger partial charge in [-0.15, -0.1) is 0 Å². The molecule has 1 saturated heterocycles. The third-order valence-corrected chi connectivity index (χ3v) is 4.85. The van der Waals surface area contributed by atoms with Gasteiger partial charge in [-0.05, 0) is 47.9 Å². The van der Waals surface area contributed by atoms with Crippen molar-refractivity contribution in [3.63, 3.8) is 0 Å². The van der Waals surface area contributed by atoms with Gasteiger partial charge in [-0.1, -0.05) is 24.3 Å². The lowest BCUT2D eigenvalue weighted by atomic mass is 10.1. The number of halogens is 4. The molecule has 0 aliphatic carbocycles. The minimum atomic E-state index is -4.33. The fraction of sp³-hybridized carbons (Fsp3) is 0.318. The third-order valence-electron chi connectivity index (χ3n) is 4.85. The Morgan fingerprint density at radius 3 is 2.45 bits per heavy atom. The molecule has 2 aromatic carbocycles. The molecule has 1 heterocycles. The van der Waals surface area contributed by atoms with Crippen LogP contribution in [0.25, 0.3) is 6.08 Å². The highest BCUT2D eigenvalue weighted by Gasteiger charge is 2.30. The monoisotopic (exact) mass is 406 g/mol. The second kappa shape index (κ2) is 9.22. The first-order valence-electron chi connectivity index (χ1n) is 9.42. The van der Waals surface area contributed by atoms with Gasteiger partial charge in [0.25, 0.3) is 0 Å². The van der Waals surface area contributed by atoms with Gasteiger partial charge in [-0.3, -0.25) is 9.69 Å². The fourth-order valence-corrected chi connectivity index (χ4v) is 3.29. The van der Waals surface area contributed by atoms with E-state index in [0.29, 0.717) is 31.7 Å². The summed E-state index contributed by atoms with van der Waals surface area (Å²) in [5.74, 6) is -0.487. The summed E-state index contributed by atoms with van der Waals surface area (Å²) in [5.41, 5.74) is 0.778. The number of hydrogen-bond acceptors (Lipinski definition) is 2. The SMILES string of the molecule is O=C(C=Cc1cccc(F)c1)N1CCCN(Cc2ccc(C(F)(F)F)cc2)CC1. The second-order valence-corrected chi connectivity index (χ2v) is 7.04. The van der Waals surface area contributed by atoms with E-state index in [9.17, 15) is 22.4 Å². The van der Waals surface area contributed by atoms with Crippen LogP contribution in [0.2, 0.25) is 0 Å². The smallest absolute Gasteiger partial charge is 0.338 e. The molecule has 0 unspecified atom stereocenters. The van der Waals surface area contributed by atoms with E-state index < -0.39 is 11.7 Å². The highest BCUT2D eigenvalue weighted by Crippen LogP contribution is 2.29. The van der Waals surface area contributed by atoms with Crippen LogP contribution in [0.4, 0.5) is 17.6 Å². The van der Waals surface area contributed by atoms with Crippen molar-refractivity contribution >= 4 is 12.0 Å². The summed E-state index contributed by atoms with van der Waals surface area (Å²) < 4.78 is 51.2. The van der Waals surface area contributed by atoms with E-state index in [0.717, 1.165) is 30.7 Å². The third kappa shape index (κ3) is 6.15. The number of alkyl halides is 3. The van der Waals surface area contributed by atoms with E-state index in [1.54, 1.807) is 23.1 Å². The van der Waals surface area contributed by atoms with Crippen molar-refractivity contribution in [3.8, 4) is 0 Å². The molecule has 154 valence electrons. The Kier molecular flexibility index (Phi) is 6.69. The minimum absolute atomic E-state index is 0.134. The lowest BCUT2D eigenvalue weighted by Crippen LogP contribution is -2.34. The molecule has 2 aromatic rings. The van der Waals surface area contributed by atoms with Crippen molar-refractivity contribution in [1.29, 1.82) is 0 Å². The number of hydrogen-bond donors (Lipinski definition) is 0. The standard InChI is InChI=1S/C22H22F4N2O/c23-20-4-1-3-17(15-20)7-10-21(29)28-12-2-11-27(13-14-28)16-18-5-8-19(9-6-18)22(24,25)26/h1,3-10,15H,2,11-14,16H2. The summed E-state index contributed by atoms with van der Waals surface area (Å²) in [5, 5.41) is 0. The maximum Gasteiger partial charge on any atom is 0.416 e. The van der Waals surface area contributed by atoms with E-state index in [4.69, 9.17) is 0 Å². The summed E-state index contributed by atoms with van der Waals surface area (Å²) in [6.45, 7) is 3.08. The van der Waals surface area contributed by atoms with Crippen LogP contribution < -0.4 is 0 Å². The van der Waals surface area contributed by atoms with Gasteiger partial charge in [-0.25, -0.2) is 4.39 Å². The van der Waals surface area contributed by atoms with Crippen LogP contribution in [0.1, 0.15) is 23.1 Å². The van der Waals surface area contributed by atoms with Crippen LogP contribution >= 0.6 is 0 Å². The maximum absolute atomic E-state index is 13.2. The van der Waals surface area contributed by atoms with Gasteiger partial charge in [0.05, 0.1) is 5.56 Å². The summed E-state index contributed by atoms with van der Waals surface area (Å²) in [6, 6.07) is 11.2. The molecule has 0 aromatic heterocycles. The van der Waals surface area contributed by atoms with Crippen LogP contribution in [0.15, 0.2) is 54.6 Å². The van der Waals surface area contributed by atoms with E-state index >= 15 is 0 Å². The Morgan fingerprint density at radius 2 is 1.76 bits per heavy atom. The molecule has 0 atom stereocenters. The summed E-state index contributed by atoms with van der Waals surface area (Å²) in [4.78, 5) is 16.3. The largest absolute Gasteiger partial charge is 0.416 e. The van der Waals surface area contributed by atoms with Gasteiger partial charge in [-0.2, -0.15) is 13.2 Å². The molecule has 0 spiro atoms. The number of carbonyl (C=O) groups excluding carboxylic acids is 1. The number of nitrogens with zero attached hydrogens (tertiary/aromatic N) is 2. The van der Waals surface area contributed by atoms with Crippen LogP contribution in [0.3, 0.4) is 0 Å². The normalized spacial score (nSPS) is 16.2. The van der Waals surface area contributed by atoms with E-state index in [1.165, 1.54) is 30.3 Å². The van der Waals surface area contributed by atoms with Crippen LogP contribution in [0.5, 0.6) is 0 Å². The van der Waals surface area contributed by atoms with Crippen LogP contribution in [0, 0.1) is 5.82 Å².